The molecule has 1 unspecified atom stereocenters. The maximum Gasteiger partial charge on any atom is 0.289 e. The highest BCUT2D eigenvalue weighted by Gasteiger charge is 2.25. The Bertz CT molecular complexity index is 463. The van der Waals surface area contributed by atoms with Crippen molar-refractivity contribution in [1.82, 2.24) is 4.98 Å². The number of hydrogen-bond acceptors (Lipinski definition) is 5. The van der Waals surface area contributed by atoms with E-state index in [1.165, 1.54) is 25.1 Å². The predicted octanol–water partition coefficient (Wildman–Crippen LogP) is 2.57. The summed E-state index contributed by atoms with van der Waals surface area (Å²) in [6.45, 7) is 0.500. The normalized spacial score (nSPS) is 17.4. The molecule has 3 N–H and O–H groups in total. The average Bonchev–Trinajstić information content (AvgIpc) is 2.91. The van der Waals surface area contributed by atoms with Crippen LogP contribution in [0.15, 0.2) is 12.3 Å². The van der Waals surface area contributed by atoms with Gasteiger partial charge in [-0.1, -0.05) is 24.4 Å². The number of nitrogens with two attached hydrogens (primary N) is 1. The van der Waals surface area contributed by atoms with Gasteiger partial charge in [0.25, 0.3) is 5.69 Å². The zero-order chi connectivity index (χ0) is 13.8. The van der Waals surface area contributed by atoms with Gasteiger partial charge in [-0.2, -0.15) is 0 Å². The zero-order valence-electron chi connectivity index (χ0n) is 10.5. The van der Waals surface area contributed by atoms with Crippen molar-refractivity contribution in [1.29, 1.82) is 0 Å². The first kappa shape index (κ1) is 14.0. The Morgan fingerprint density at radius 1 is 1.58 bits per heavy atom. The summed E-state index contributed by atoms with van der Waals surface area (Å²) in [5.41, 5.74) is 5.68. The lowest BCUT2D eigenvalue weighted by atomic mass is 9.98. The molecular formula is C12H17ClN4O2. The summed E-state index contributed by atoms with van der Waals surface area (Å²) in [7, 11) is 0. The molecule has 1 heterocycles. The second kappa shape index (κ2) is 6.16. The van der Waals surface area contributed by atoms with Crippen LogP contribution >= 0.6 is 11.6 Å². The molecule has 0 aromatic carbocycles. The van der Waals surface area contributed by atoms with E-state index in [2.05, 4.69) is 10.3 Å². The molecule has 0 amide bonds. The van der Waals surface area contributed by atoms with Crippen molar-refractivity contribution in [3.8, 4) is 0 Å². The minimum Gasteiger partial charge on any atom is -0.365 e. The third-order valence-electron chi connectivity index (χ3n) is 3.58. The van der Waals surface area contributed by atoms with Crippen molar-refractivity contribution in [2.75, 3.05) is 11.9 Å². The van der Waals surface area contributed by atoms with Crippen LogP contribution in [0.25, 0.3) is 0 Å². The molecule has 6 nitrogen and oxygen atoms in total. The summed E-state index contributed by atoms with van der Waals surface area (Å²) in [6, 6.07) is 1.42. The Labute approximate surface area is 116 Å². The predicted molar refractivity (Wildman–Crippen MR) is 74.3 cm³/mol. The van der Waals surface area contributed by atoms with Gasteiger partial charge in [0.2, 0.25) is 0 Å². The summed E-state index contributed by atoms with van der Waals surface area (Å²) in [6.07, 6.45) is 5.96. The van der Waals surface area contributed by atoms with Crippen LogP contribution < -0.4 is 11.1 Å². The zero-order valence-corrected chi connectivity index (χ0v) is 11.3. The number of nitrogens with zero attached hydrogens (tertiary/aromatic N) is 2. The second-order valence-electron chi connectivity index (χ2n) is 4.81. The van der Waals surface area contributed by atoms with Gasteiger partial charge < -0.3 is 11.1 Å². The monoisotopic (exact) mass is 284 g/mol. The van der Waals surface area contributed by atoms with E-state index < -0.39 is 4.92 Å². The number of aromatic nitrogens is 1. The summed E-state index contributed by atoms with van der Waals surface area (Å²) < 4.78 is 0. The molecule has 1 atom stereocenters. The van der Waals surface area contributed by atoms with Gasteiger partial charge in [-0.3, -0.25) is 10.1 Å². The molecule has 1 aromatic heterocycles. The quantitative estimate of drug-likeness (QED) is 0.640. The first-order valence-electron chi connectivity index (χ1n) is 6.38. The van der Waals surface area contributed by atoms with E-state index in [1.807, 2.05) is 0 Å². The fourth-order valence-corrected chi connectivity index (χ4v) is 2.75. The van der Waals surface area contributed by atoms with E-state index in [1.54, 1.807) is 0 Å². The largest absolute Gasteiger partial charge is 0.365 e. The van der Waals surface area contributed by atoms with Gasteiger partial charge in [0.15, 0.2) is 0 Å². The van der Waals surface area contributed by atoms with Gasteiger partial charge >= 0.3 is 0 Å². The van der Waals surface area contributed by atoms with E-state index in [0.717, 1.165) is 12.8 Å². The topological polar surface area (TPSA) is 94.1 Å². The van der Waals surface area contributed by atoms with Crippen molar-refractivity contribution in [3.05, 3.63) is 27.4 Å². The van der Waals surface area contributed by atoms with E-state index in [9.17, 15) is 10.1 Å². The van der Waals surface area contributed by atoms with Gasteiger partial charge in [-0.05, 0) is 18.8 Å². The third kappa shape index (κ3) is 3.33. The van der Waals surface area contributed by atoms with Crippen LogP contribution in [0.1, 0.15) is 25.7 Å². The molecule has 0 spiro atoms. The molecule has 1 saturated carbocycles. The summed E-state index contributed by atoms with van der Waals surface area (Å²) >= 11 is 6.01. The molecule has 104 valence electrons. The lowest BCUT2D eigenvalue weighted by Gasteiger charge is -2.24. The molecule has 0 bridgehead atoms. The average molecular weight is 285 g/mol. The number of halogens is 1. The number of anilines is 1. The number of nitrogens with one attached hydrogen (secondary N) is 1. The lowest BCUT2D eigenvalue weighted by molar-refractivity contribution is -0.385. The van der Waals surface area contributed by atoms with Crippen LogP contribution in [0.5, 0.6) is 0 Å². The molecule has 1 aliphatic carbocycles. The molecule has 7 heteroatoms. The molecule has 2 rings (SSSR count). The minimum absolute atomic E-state index is 0.110. The van der Waals surface area contributed by atoms with Crippen LogP contribution in [-0.2, 0) is 0 Å². The van der Waals surface area contributed by atoms with Crippen molar-refractivity contribution in [2.24, 2.45) is 11.7 Å². The van der Waals surface area contributed by atoms with Gasteiger partial charge in [-0.15, -0.1) is 0 Å². The van der Waals surface area contributed by atoms with Crippen LogP contribution in [0.2, 0.25) is 5.02 Å². The van der Waals surface area contributed by atoms with Gasteiger partial charge in [0.05, 0.1) is 9.95 Å². The van der Waals surface area contributed by atoms with Crippen molar-refractivity contribution >= 4 is 23.1 Å². The van der Waals surface area contributed by atoms with Crippen LogP contribution in [-0.4, -0.2) is 22.5 Å². The first-order valence-corrected chi connectivity index (χ1v) is 6.76. The van der Waals surface area contributed by atoms with E-state index >= 15 is 0 Å². The number of rotatable bonds is 5. The Balaban J connectivity index is 2.10. The Hall–Kier alpha value is -1.40. The standard InChI is InChI=1S/C12H17ClN4O2/c13-10-5-9(17(18)19)7-15-12(10)16-11(6-14)8-3-1-2-4-8/h5,7-8,11H,1-4,6,14H2,(H,15,16). The number of hydrogen-bond donors (Lipinski definition) is 2. The highest BCUT2D eigenvalue weighted by Crippen LogP contribution is 2.31. The van der Waals surface area contributed by atoms with E-state index in [4.69, 9.17) is 17.3 Å². The first-order chi connectivity index (χ1) is 9.11. The highest BCUT2D eigenvalue weighted by atomic mass is 35.5. The van der Waals surface area contributed by atoms with Crippen molar-refractivity contribution in [3.63, 3.8) is 0 Å². The fourth-order valence-electron chi connectivity index (χ4n) is 2.54. The Morgan fingerprint density at radius 3 is 2.79 bits per heavy atom. The molecular weight excluding hydrogens is 268 g/mol. The Morgan fingerprint density at radius 2 is 2.26 bits per heavy atom. The lowest BCUT2D eigenvalue weighted by Crippen LogP contribution is -2.35. The van der Waals surface area contributed by atoms with Gasteiger partial charge in [0.1, 0.15) is 12.0 Å². The molecule has 0 radical (unpaired) electrons. The Kier molecular flexibility index (Phi) is 4.55. The van der Waals surface area contributed by atoms with Gasteiger partial charge in [0, 0.05) is 18.7 Å². The smallest absolute Gasteiger partial charge is 0.289 e. The molecule has 1 aromatic rings. The summed E-state index contributed by atoms with van der Waals surface area (Å²) in [4.78, 5) is 14.1. The SMILES string of the molecule is NCC(Nc1ncc([N+](=O)[O-])cc1Cl)C1CCCC1. The number of nitro groups is 1. The van der Waals surface area contributed by atoms with Crippen LogP contribution in [0.4, 0.5) is 11.5 Å². The summed E-state index contributed by atoms with van der Waals surface area (Å²) in [5, 5.41) is 14.1. The van der Waals surface area contributed by atoms with Gasteiger partial charge in [-0.25, -0.2) is 4.98 Å². The van der Waals surface area contributed by atoms with Crippen molar-refractivity contribution in [2.45, 2.75) is 31.7 Å². The summed E-state index contributed by atoms with van der Waals surface area (Å²) in [5.74, 6) is 0.993. The van der Waals surface area contributed by atoms with Crippen molar-refractivity contribution < 1.29 is 4.92 Å². The molecule has 0 aliphatic heterocycles. The van der Waals surface area contributed by atoms with Crippen LogP contribution in [0, 0.1) is 16.0 Å². The molecule has 0 saturated heterocycles. The fraction of sp³-hybridized carbons (Fsp3) is 0.583. The highest BCUT2D eigenvalue weighted by molar-refractivity contribution is 6.33. The second-order valence-corrected chi connectivity index (χ2v) is 5.22. The molecule has 19 heavy (non-hydrogen) atoms. The third-order valence-corrected chi connectivity index (χ3v) is 3.87. The molecule has 1 fully saturated rings. The minimum atomic E-state index is -0.514. The van der Waals surface area contributed by atoms with E-state index in [0.29, 0.717) is 18.3 Å². The maximum atomic E-state index is 10.6. The maximum absolute atomic E-state index is 10.6. The van der Waals surface area contributed by atoms with Crippen LogP contribution in [0.3, 0.4) is 0 Å². The molecule has 1 aliphatic rings. The number of pyridine rings is 1. The van der Waals surface area contributed by atoms with E-state index in [-0.39, 0.29) is 16.8 Å².